The quantitative estimate of drug-likeness (QED) is 0.206. The second-order valence-corrected chi connectivity index (χ2v) is 18.8. The fraction of sp³-hybridized carbons (Fsp3) is 0.314. The number of pyridine rings is 2. The molecule has 49 heavy (non-hydrogen) atoms. The van der Waals surface area contributed by atoms with Crippen LogP contribution in [-0.4, -0.2) is 93.2 Å². The summed E-state index contributed by atoms with van der Waals surface area (Å²) >= 11 is 0. The van der Waals surface area contributed by atoms with E-state index in [2.05, 4.69) is 89.9 Å². The van der Waals surface area contributed by atoms with E-state index >= 15 is 0 Å². The van der Waals surface area contributed by atoms with Gasteiger partial charge in [-0.2, -0.15) is 8.42 Å². The van der Waals surface area contributed by atoms with Crippen LogP contribution in [0.2, 0.25) is 5.04 Å². The Bertz CT molecular complexity index is 1750. The van der Waals surface area contributed by atoms with Crippen LogP contribution in [0.5, 0.6) is 0 Å². The number of hydrogen-bond acceptors (Lipinski definition) is 8. The van der Waals surface area contributed by atoms with Crippen molar-refractivity contribution in [1.29, 1.82) is 0 Å². The fourth-order valence-corrected chi connectivity index (χ4v) is 11.1. The van der Waals surface area contributed by atoms with Crippen LogP contribution >= 0.6 is 0 Å². The van der Waals surface area contributed by atoms with E-state index < -0.39 is 24.5 Å². The zero-order chi connectivity index (χ0) is 35.1. The van der Waals surface area contributed by atoms with Gasteiger partial charge in [-0.1, -0.05) is 81.4 Å². The minimum atomic E-state index is -3.46. The Morgan fingerprint density at radius 2 is 1.14 bits per heavy atom. The molecule has 4 aromatic rings. The minimum absolute atomic E-state index is 0.00551. The molecule has 4 amide bonds. The van der Waals surface area contributed by atoms with Crippen molar-refractivity contribution in [2.24, 2.45) is 0 Å². The van der Waals surface area contributed by atoms with Gasteiger partial charge in [0.05, 0.1) is 49.2 Å². The first-order valence-electron chi connectivity index (χ1n) is 15.9. The zero-order valence-electron chi connectivity index (χ0n) is 28.0. The average Bonchev–Trinajstić information content (AvgIpc) is 3.03. The maximum Gasteiger partial charge on any atom is 0.322 e. The number of carbonyl (C=O) groups excluding carboxylic acids is 2. The summed E-state index contributed by atoms with van der Waals surface area (Å²) in [5, 5.41) is 7.99. The van der Waals surface area contributed by atoms with Gasteiger partial charge < -0.3 is 24.9 Å². The molecule has 14 heteroatoms. The Labute approximate surface area is 288 Å². The SMILES string of the molecule is CC(C)(C)[Si](OC1CN(C(=O)Nc2cccnc2)C1)(c1ccccc1)c1ccccc1.CS(=O)(=O)OC1CN(C(=O)Nc2cccnc2)C1. The summed E-state index contributed by atoms with van der Waals surface area (Å²) in [4.78, 5) is 35.4. The van der Waals surface area contributed by atoms with Crippen molar-refractivity contribution in [2.45, 2.75) is 38.0 Å². The first-order chi connectivity index (χ1) is 23.3. The summed E-state index contributed by atoms with van der Waals surface area (Å²) in [5.41, 5.74) is 1.29. The summed E-state index contributed by atoms with van der Waals surface area (Å²) in [6.45, 7) is 8.49. The lowest BCUT2D eigenvalue weighted by Gasteiger charge is -2.49. The Balaban J connectivity index is 0.000000221. The van der Waals surface area contributed by atoms with Gasteiger partial charge in [-0.05, 0) is 39.7 Å². The van der Waals surface area contributed by atoms with E-state index in [-0.39, 0.29) is 36.3 Å². The molecule has 0 aliphatic carbocycles. The third kappa shape index (κ3) is 9.09. The number of amides is 4. The van der Waals surface area contributed by atoms with Crippen molar-refractivity contribution < 1.29 is 26.6 Å². The van der Waals surface area contributed by atoms with Crippen LogP contribution in [-0.2, 0) is 18.7 Å². The smallest absolute Gasteiger partial charge is 0.322 e. The summed E-state index contributed by atoms with van der Waals surface area (Å²) in [7, 11) is -6.05. The molecular weight excluding hydrogens is 661 g/mol. The van der Waals surface area contributed by atoms with Crippen molar-refractivity contribution in [3.05, 3.63) is 110 Å². The fourth-order valence-electron chi connectivity index (χ4n) is 5.81. The average molecular weight is 703 g/mol. The van der Waals surface area contributed by atoms with Gasteiger partial charge in [0.25, 0.3) is 18.4 Å². The number of carbonyl (C=O) groups is 2. The maximum absolute atomic E-state index is 12.6. The highest BCUT2D eigenvalue weighted by molar-refractivity contribution is 7.86. The van der Waals surface area contributed by atoms with Gasteiger partial charge in [0.2, 0.25) is 0 Å². The summed E-state index contributed by atoms with van der Waals surface area (Å²) in [6.07, 6.45) is 7.02. The predicted molar refractivity (Wildman–Crippen MR) is 192 cm³/mol. The lowest BCUT2D eigenvalue weighted by Crippen LogP contribution is -2.71. The van der Waals surface area contributed by atoms with Crippen LogP contribution in [0.15, 0.2) is 110 Å². The lowest BCUT2D eigenvalue weighted by atomic mass is 10.2. The van der Waals surface area contributed by atoms with Crippen LogP contribution in [0.4, 0.5) is 21.0 Å². The third-order valence-electron chi connectivity index (χ3n) is 8.17. The molecule has 4 heterocycles. The number of rotatable bonds is 8. The largest absolute Gasteiger partial charge is 0.401 e. The standard InChI is InChI=1S/C25H29N3O2Si.C10H13N3O4S/c1-25(2,3)31(22-12-6-4-7-13-22,23-14-8-5-9-15-23)30-21-18-28(19-21)24(29)27-20-11-10-16-26-17-20;1-18(15,16)17-9-6-13(7-9)10(14)12-8-3-2-4-11-5-8/h4-17,21H,18-19H2,1-3H3,(H,27,29);2-5,9H,6-7H2,1H3,(H,12,14). The van der Waals surface area contributed by atoms with Gasteiger partial charge in [0, 0.05) is 25.5 Å². The molecule has 258 valence electrons. The maximum atomic E-state index is 12.6. The molecule has 2 aliphatic rings. The van der Waals surface area contributed by atoms with Gasteiger partial charge in [-0.15, -0.1) is 0 Å². The number of benzene rings is 2. The van der Waals surface area contributed by atoms with Crippen molar-refractivity contribution in [1.82, 2.24) is 19.8 Å². The number of likely N-dealkylation sites (tertiary alicyclic amines) is 2. The number of hydrogen-bond donors (Lipinski definition) is 2. The molecule has 12 nitrogen and oxygen atoms in total. The van der Waals surface area contributed by atoms with E-state index in [4.69, 9.17) is 8.61 Å². The summed E-state index contributed by atoms with van der Waals surface area (Å²) in [6, 6.07) is 27.9. The van der Waals surface area contributed by atoms with Gasteiger partial charge in [-0.3, -0.25) is 14.2 Å². The van der Waals surface area contributed by atoms with Crippen LogP contribution in [0.25, 0.3) is 0 Å². The topological polar surface area (TPSA) is 143 Å². The molecule has 0 spiro atoms. The number of urea groups is 2. The number of aromatic nitrogens is 2. The summed E-state index contributed by atoms with van der Waals surface area (Å²) < 4.78 is 33.5. The van der Waals surface area contributed by atoms with Crippen molar-refractivity contribution >= 4 is 52.2 Å². The molecule has 2 fully saturated rings. The van der Waals surface area contributed by atoms with E-state index in [1.54, 1.807) is 41.7 Å². The minimum Gasteiger partial charge on any atom is -0.401 e. The predicted octanol–water partition coefficient (Wildman–Crippen LogP) is 4.15. The highest BCUT2D eigenvalue weighted by Gasteiger charge is 2.53. The van der Waals surface area contributed by atoms with E-state index in [1.165, 1.54) is 21.5 Å². The molecule has 6 rings (SSSR count). The third-order valence-corrected chi connectivity index (χ3v) is 13.9. The van der Waals surface area contributed by atoms with E-state index in [1.807, 2.05) is 18.2 Å². The Morgan fingerprint density at radius 1 is 0.714 bits per heavy atom. The molecule has 0 saturated carbocycles. The van der Waals surface area contributed by atoms with Crippen molar-refractivity contribution in [3.63, 3.8) is 0 Å². The monoisotopic (exact) mass is 702 g/mol. The number of nitrogens with zero attached hydrogens (tertiary/aromatic N) is 4. The van der Waals surface area contributed by atoms with Crippen LogP contribution in [0.1, 0.15) is 20.8 Å². The molecule has 2 aromatic carbocycles. The zero-order valence-corrected chi connectivity index (χ0v) is 29.8. The van der Waals surface area contributed by atoms with Crippen molar-refractivity contribution in [2.75, 3.05) is 43.1 Å². The van der Waals surface area contributed by atoms with Gasteiger partial charge >= 0.3 is 12.1 Å². The first-order valence-corrected chi connectivity index (χ1v) is 19.7. The number of nitrogens with one attached hydrogen (secondary N) is 2. The van der Waals surface area contributed by atoms with Gasteiger partial charge in [-0.25, -0.2) is 9.59 Å². The van der Waals surface area contributed by atoms with Crippen LogP contribution in [0, 0.1) is 0 Å². The molecule has 2 aliphatic heterocycles. The van der Waals surface area contributed by atoms with E-state index in [0.717, 1.165) is 6.26 Å². The normalized spacial score (nSPS) is 15.3. The first kappa shape index (κ1) is 35.7. The van der Waals surface area contributed by atoms with Crippen LogP contribution < -0.4 is 21.0 Å². The van der Waals surface area contributed by atoms with E-state index in [9.17, 15) is 18.0 Å². The van der Waals surface area contributed by atoms with Crippen molar-refractivity contribution in [3.8, 4) is 0 Å². The second-order valence-electron chi connectivity index (χ2n) is 13.0. The van der Waals surface area contributed by atoms with Crippen LogP contribution in [0.3, 0.4) is 0 Å². The molecule has 0 unspecified atom stereocenters. The molecule has 2 saturated heterocycles. The summed E-state index contributed by atoms with van der Waals surface area (Å²) in [5.74, 6) is 0. The Kier molecular flexibility index (Phi) is 11.1. The number of anilines is 2. The molecule has 2 aromatic heterocycles. The highest BCUT2D eigenvalue weighted by atomic mass is 32.2. The molecular formula is C35H42N6O6SSi. The molecule has 0 bridgehead atoms. The Morgan fingerprint density at radius 3 is 1.51 bits per heavy atom. The molecule has 0 atom stereocenters. The Hall–Kier alpha value is -4.63. The van der Waals surface area contributed by atoms with Gasteiger partial charge in [0.1, 0.15) is 6.10 Å². The molecule has 0 radical (unpaired) electrons. The van der Waals surface area contributed by atoms with E-state index in [0.29, 0.717) is 24.5 Å². The highest BCUT2D eigenvalue weighted by Crippen LogP contribution is 2.38. The van der Waals surface area contributed by atoms with Gasteiger partial charge in [0.15, 0.2) is 0 Å². The molecule has 2 N–H and O–H groups in total. The second kappa shape index (κ2) is 15.3. The lowest BCUT2D eigenvalue weighted by molar-refractivity contribution is 0.0422.